The standard InChI is InChI=1S/C20H22BrN3O/c1-4-18-23-19-12(2)9-15(11-25-3)22-20(19)24(18)17-8-5-13-10-14(21)6-7-16(13)17/h6-7,9-10,17H,4-5,8,11H2,1-3H3. The molecule has 0 radical (unpaired) electrons. The second-order valence-electron chi connectivity index (χ2n) is 6.68. The lowest BCUT2D eigenvalue weighted by atomic mass is 10.1. The number of aryl methyl sites for hydroxylation is 3. The van der Waals surface area contributed by atoms with Crippen molar-refractivity contribution in [1.82, 2.24) is 14.5 Å². The highest BCUT2D eigenvalue weighted by Gasteiger charge is 2.28. The summed E-state index contributed by atoms with van der Waals surface area (Å²) in [5.74, 6) is 1.11. The Hall–Kier alpha value is -1.72. The van der Waals surface area contributed by atoms with E-state index in [0.29, 0.717) is 12.6 Å². The van der Waals surface area contributed by atoms with Crippen molar-refractivity contribution in [2.45, 2.75) is 45.8 Å². The van der Waals surface area contributed by atoms with Crippen molar-refractivity contribution in [3.63, 3.8) is 0 Å². The molecule has 2 aromatic heterocycles. The van der Waals surface area contributed by atoms with Crippen molar-refractivity contribution in [3.05, 3.63) is 56.9 Å². The van der Waals surface area contributed by atoms with Crippen LogP contribution in [0.2, 0.25) is 0 Å². The average molecular weight is 400 g/mol. The van der Waals surface area contributed by atoms with E-state index < -0.39 is 0 Å². The Kier molecular flexibility index (Phi) is 4.38. The molecule has 2 heterocycles. The van der Waals surface area contributed by atoms with Crippen LogP contribution >= 0.6 is 15.9 Å². The number of halogens is 1. The predicted octanol–water partition coefficient (Wildman–Crippen LogP) is 4.75. The summed E-state index contributed by atoms with van der Waals surface area (Å²) in [6, 6.07) is 9.02. The number of hydrogen-bond donors (Lipinski definition) is 0. The molecule has 1 unspecified atom stereocenters. The van der Waals surface area contributed by atoms with Crippen molar-refractivity contribution in [2.75, 3.05) is 7.11 Å². The number of nitrogens with zero attached hydrogens (tertiary/aromatic N) is 3. The fourth-order valence-electron chi connectivity index (χ4n) is 3.96. The van der Waals surface area contributed by atoms with Gasteiger partial charge in [0.2, 0.25) is 0 Å². The molecule has 1 aliphatic rings. The quantitative estimate of drug-likeness (QED) is 0.635. The lowest BCUT2D eigenvalue weighted by Crippen LogP contribution is -2.12. The summed E-state index contributed by atoms with van der Waals surface area (Å²) in [4.78, 5) is 9.81. The van der Waals surface area contributed by atoms with Crippen molar-refractivity contribution in [3.8, 4) is 0 Å². The third-order valence-electron chi connectivity index (χ3n) is 5.04. The van der Waals surface area contributed by atoms with Crippen LogP contribution in [0.5, 0.6) is 0 Å². The zero-order valence-corrected chi connectivity index (χ0v) is 16.4. The zero-order valence-electron chi connectivity index (χ0n) is 14.8. The molecule has 0 spiro atoms. The number of hydrogen-bond acceptors (Lipinski definition) is 3. The number of rotatable bonds is 4. The molecule has 0 saturated carbocycles. The second kappa shape index (κ2) is 6.54. The van der Waals surface area contributed by atoms with Gasteiger partial charge < -0.3 is 9.30 Å². The number of aromatic nitrogens is 3. The third-order valence-corrected chi connectivity index (χ3v) is 5.53. The first-order valence-electron chi connectivity index (χ1n) is 8.77. The van der Waals surface area contributed by atoms with Crippen LogP contribution in [-0.2, 0) is 24.2 Å². The van der Waals surface area contributed by atoms with Crippen LogP contribution < -0.4 is 0 Å². The Morgan fingerprint density at radius 1 is 1.28 bits per heavy atom. The molecule has 0 N–H and O–H groups in total. The maximum absolute atomic E-state index is 5.30. The van der Waals surface area contributed by atoms with E-state index in [1.165, 1.54) is 16.7 Å². The zero-order chi connectivity index (χ0) is 17.6. The van der Waals surface area contributed by atoms with Crippen LogP contribution in [0.3, 0.4) is 0 Å². The molecular weight excluding hydrogens is 378 g/mol. The van der Waals surface area contributed by atoms with E-state index in [9.17, 15) is 0 Å². The number of pyridine rings is 1. The average Bonchev–Trinajstić information content (AvgIpc) is 3.15. The van der Waals surface area contributed by atoms with Crippen LogP contribution in [0.4, 0.5) is 0 Å². The molecule has 0 aliphatic heterocycles. The fraction of sp³-hybridized carbons (Fsp3) is 0.400. The van der Waals surface area contributed by atoms with Crippen LogP contribution in [0, 0.1) is 6.92 Å². The molecule has 130 valence electrons. The first kappa shape index (κ1) is 16.7. The lowest BCUT2D eigenvalue weighted by molar-refractivity contribution is 0.181. The smallest absolute Gasteiger partial charge is 0.161 e. The summed E-state index contributed by atoms with van der Waals surface area (Å²) in [5, 5.41) is 0. The molecule has 25 heavy (non-hydrogen) atoms. The van der Waals surface area contributed by atoms with Crippen molar-refractivity contribution in [2.24, 2.45) is 0 Å². The van der Waals surface area contributed by atoms with Crippen molar-refractivity contribution < 1.29 is 4.74 Å². The van der Waals surface area contributed by atoms with Gasteiger partial charge in [0.15, 0.2) is 5.65 Å². The van der Waals surface area contributed by atoms with Gasteiger partial charge >= 0.3 is 0 Å². The monoisotopic (exact) mass is 399 g/mol. The summed E-state index contributed by atoms with van der Waals surface area (Å²) in [6.07, 6.45) is 3.09. The number of benzene rings is 1. The maximum Gasteiger partial charge on any atom is 0.161 e. The van der Waals surface area contributed by atoms with Gasteiger partial charge in [-0.3, -0.25) is 0 Å². The molecule has 1 aromatic carbocycles. The van der Waals surface area contributed by atoms with E-state index in [1.807, 2.05) is 0 Å². The van der Waals surface area contributed by atoms with E-state index in [2.05, 4.69) is 58.6 Å². The highest BCUT2D eigenvalue weighted by molar-refractivity contribution is 9.10. The van der Waals surface area contributed by atoms with Crippen molar-refractivity contribution in [1.29, 1.82) is 0 Å². The first-order valence-corrected chi connectivity index (χ1v) is 9.56. The van der Waals surface area contributed by atoms with Crippen LogP contribution in [0.1, 0.15) is 47.6 Å². The van der Waals surface area contributed by atoms with E-state index in [1.54, 1.807) is 7.11 Å². The SMILES string of the molecule is CCc1nc2c(C)cc(COC)nc2n1C1CCc2cc(Br)ccc21. The molecular formula is C20H22BrN3O. The normalized spacial score (nSPS) is 16.6. The number of methoxy groups -OCH3 is 1. The minimum atomic E-state index is 0.313. The molecule has 3 aromatic rings. The topological polar surface area (TPSA) is 39.9 Å². The first-order chi connectivity index (χ1) is 12.1. The third kappa shape index (κ3) is 2.79. The molecule has 0 saturated heterocycles. The maximum atomic E-state index is 5.30. The van der Waals surface area contributed by atoms with Gasteiger partial charge in [0.05, 0.1) is 18.3 Å². The van der Waals surface area contributed by atoms with E-state index in [0.717, 1.165) is 46.4 Å². The molecule has 4 nitrogen and oxygen atoms in total. The Morgan fingerprint density at radius 2 is 2.12 bits per heavy atom. The number of imidazole rings is 1. The van der Waals surface area contributed by atoms with Gasteiger partial charge in [-0.1, -0.05) is 28.9 Å². The predicted molar refractivity (Wildman–Crippen MR) is 103 cm³/mol. The summed E-state index contributed by atoms with van der Waals surface area (Å²) >= 11 is 3.59. The van der Waals surface area contributed by atoms with Gasteiger partial charge in [-0.2, -0.15) is 0 Å². The van der Waals surface area contributed by atoms with Gasteiger partial charge in [-0.05, 0) is 54.7 Å². The highest BCUT2D eigenvalue weighted by Crippen LogP contribution is 2.38. The highest BCUT2D eigenvalue weighted by atomic mass is 79.9. The summed E-state index contributed by atoms with van der Waals surface area (Å²) in [6.45, 7) is 4.80. The van der Waals surface area contributed by atoms with Crippen molar-refractivity contribution >= 4 is 27.1 Å². The Morgan fingerprint density at radius 3 is 2.88 bits per heavy atom. The molecule has 1 atom stereocenters. The Bertz CT molecular complexity index is 948. The number of fused-ring (bicyclic) bond motifs is 2. The molecule has 1 aliphatic carbocycles. The Balaban J connectivity index is 1.92. The van der Waals surface area contributed by atoms with Gasteiger partial charge in [0, 0.05) is 18.0 Å². The van der Waals surface area contributed by atoms with Gasteiger partial charge in [0.1, 0.15) is 11.3 Å². The van der Waals surface area contributed by atoms with Crippen LogP contribution in [-0.4, -0.2) is 21.6 Å². The summed E-state index contributed by atoms with van der Waals surface area (Å²) < 4.78 is 8.81. The minimum Gasteiger partial charge on any atom is -0.378 e. The number of ether oxygens (including phenoxy) is 1. The van der Waals surface area contributed by atoms with Gasteiger partial charge in [-0.15, -0.1) is 0 Å². The van der Waals surface area contributed by atoms with Crippen LogP contribution in [0.15, 0.2) is 28.7 Å². The van der Waals surface area contributed by atoms with Crippen LogP contribution in [0.25, 0.3) is 11.2 Å². The van der Waals surface area contributed by atoms with E-state index in [4.69, 9.17) is 14.7 Å². The lowest BCUT2D eigenvalue weighted by Gasteiger charge is -2.17. The van der Waals surface area contributed by atoms with E-state index >= 15 is 0 Å². The molecule has 5 heteroatoms. The summed E-state index contributed by atoms with van der Waals surface area (Å²) in [5.41, 5.74) is 6.96. The molecule has 0 fully saturated rings. The van der Waals surface area contributed by atoms with E-state index in [-0.39, 0.29) is 0 Å². The molecule has 4 rings (SSSR count). The fourth-order valence-corrected chi connectivity index (χ4v) is 4.37. The molecule has 0 bridgehead atoms. The second-order valence-corrected chi connectivity index (χ2v) is 7.60. The minimum absolute atomic E-state index is 0.313. The Labute approximate surface area is 156 Å². The van der Waals surface area contributed by atoms with Gasteiger partial charge in [0.25, 0.3) is 0 Å². The molecule has 0 amide bonds. The largest absolute Gasteiger partial charge is 0.378 e. The van der Waals surface area contributed by atoms with Gasteiger partial charge in [-0.25, -0.2) is 9.97 Å². The summed E-state index contributed by atoms with van der Waals surface area (Å²) in [7, 11) is 1.71.